The summed E-state index contributed by atoms with van der Waals surface area (Å²) in [5.74, 6) is 1.13. The van der Waals surface area contributed by atoms with Crippen molar-refractivity contribution in [3.05, 3.63) is 58.9 Å². The molecule has 1 aromatic heterocycles. The number of rotatable bonds is 4. The first-order valence-electron chi connectivity index (χ1n) is 7.12. The zero-order valence-corrected chi connectivity index (χ0v) is 13.8. The summed E-state index contributed by atoms with van der Waals surface area (Å²) in [6.07, 6.45) is 0. The summed E-state index contributed by atoms with van der Waals surface area (Å²) in [4.78, 5) is 16.7. The van der Waals surface area contributed by atoms with E-state index in [1.165, 1.54) is 7.11 Å². The van der Waals surface area contributed by atoms with Gasteiger partial charge in [-0.3, -0.25) is 4.79 Å². The van der Waals surface area contributed by atoms with Crippen molar-refractivity contribution in [2.45, 2.75) is 6.92 Å². The van der Waals surface area contributed by atoms with Crippen LogP contribution in [0.3, 0.4) is 0 Å². The summed E-state index contributed by atoms with van der Waals surface area (Å²) in [6, 6.07) is 12.0. The predicted octanol–water partition coefficient (Wildman–Crippen LogP) is 3.96. The fraction of sp³-hybridized carbons (Fsp3) is 0.118. The molecule has 7 heteroatoms. The smallest absolute Gasteiger partial charge is 0.255 e. The van der Waals surface area contributed by atoms with Crippen molar-refractivity contribution in [3.8, 4) is 17.1 Å². The number of nitrogens with zero attached hydrogens (tertiary/aromatic N) is 2. The summed E-state index contributed by atoms with van der Waals surface area (Å²) >= 11 is 5.98. The van der Waals surface area contributed by atoms with Crippen LogP contribution >= 0.6 is 11.6 Å². The Morgan fingerprint density at radius 1 is 1.25 bits per heavy atom. The monoisotopic (exact) mass is 343 g/mol. The number of methoxy groups -OCH3 is 1. The Morgan fingerprint density at radius 3 is 2.79 bits per heavy atom. The predicted molar refractivity (Wildman–Crippen MR) is 90.4 cm³/mol. The van der Waals surface area contributed by atoms with Gasteiger partial charge >= 0.3 is 0 Å². The van der Waals surface area contributed by atoms with Gasteiger partial charge in [-0.25, -0.2) is 0 Å². The number of aryl methyl sites for hydroxylation is 1. The second-order valence-electron chi connectivity index (χ2n) is 5.02. The molecule has 3 rings (SSSR count). The number of carbonyl (C=O) groups excluding carboxylic acids is 1. The van der Waals surface area contributed by atoms with Gasteiger partial charge in [-0.1, -0.05) is 28.9 Å². The molecule has 0 bridgehead atoms. The molecule has 0 aliphatic rings. The number of anilines is 1. The second-order valence-corrected chi connectivity index (χ2v) is 5.45. The number of aromatic nitrogens is 2. The Hall–Kier alpha value is -2.86. The molecule has 0 unspecified atom stereocenters. The molecule has 0 fully saturated rings. The number of benzene rings is 2. The Labute approximate surface area is 143 Å². The van der Waals surface area contributed by atoms with Gasteiger partial charge in [0.05, 0.1) is 12.8 Å². The summed E-state index contributed by atoms with van der Waals surface area (Å²) in [6.45, 7) is 1.71. The van der Waals surface area contributed by atoms with Crippen molar-refractivity contribution in [1.82, 2.24) is 10.1 Å². The molecule has 0 radical (unpaired) electrons. The third kappa shape index (κ3) is 3.38. The molecule has 6 nitrogen and oxygen atoms in total. The van der Waals surface area contributed by atoms with Crippen LogP contribution in [-0.4, -0.2) is 23.2 Å². The Morgan fingerprint density at radius 2 is 2.08 bits per heavy atom. The highest BCUT2D eigenvalue weighted by Gasteiger charge is 2.13. The third-order valence-corrected chi connectivity index (χ3v) is 3.56. The number of ether oxygens (including phenoxy) is 1. The van der Waals surface area contributed by atoms with Gasteiger partial charge in [0.25, 0.3) is 5.91 Å². The molecule has 122 valence electrons. The minimum atomic E-state index is -0.294. The van der Waals surface area contributed by atoms with Crippen LogP contribution in [-0.2, 0) is 0 Å². The van der Waals surface area contributed by atoms with Crippen LogP contribution in [0, 0.1) is 6.92 Å². The summed E-state index contributed by atoms with van der Waals surface area (Å²) < 4.78 is 10.2. The lowest BCUT2D eigenvalue weighted by atomic mass is 10.1. The molecule has 3 aromatic rings. The van der Waals surface area contributed by atoms with E-state index in [9.17, 15) is 4.79 Å². The molecule has 0 saturated heterocycles. The number of carbonyl (C=O) groups is 1. The maximum absolute atomic E-state index is 12.5. The van der Waals surface area contributed by atoms with Crippen LogP contribution in [0.2, 0.25) is 5.02 Å². The van der Waals surface area contributed by atoms with E-state index in [2.05, 4.69) is 15.5 Å². The van der Waals surface area contributed by atoms with Crippen LogP contribution in [0.15, 0.2) is 47.0 Å². The Bertz CT molecular complexity index is 892. The van der Waals surface area contributed by atoms with Crippen LogP contribution in [0.4, 0.5) is 5.69 Å². The zero-order chi connectivity index (χ0) is 17.1. The number of hydrogen-bond donors (Lipinski definition) is 1. The van der Waals surface area contributed by atoms with E-state index in [4.69, 9.17) is 20.9 Å². The molecule has 1 amide bonds. The Kier molecular flexibility index (Phi) is 4.48. The minimum Gasteiger partial charge on any atom is -0.495 e. The average Bonchev–Trinajstić information content (AvgIpc) is 3.02. The first kappa shape index (κ1) is 16.0. The van der Waals surface area contributed by atoms with E-state index in [0.717, 1.165) is 0 Å². The van der Waals surface area contributed by atoms with Crippen LogP contribution in [0.5, 0.6) is 5.75 Å². The third-order valence-electron chi connectivity index (χ3n) is 3.32. The van der Waals surface area contributed by atoms with Gasteiger partial charge in [0.2, 0.25) is 11.7 Å². The molecular formula is C17H14ClN3O3. The summed E-state index contributed by atoms with van der Waals surface area (Å²) in [5.41, 5.74) is 1.64. The van der Waals surface area contributed by atoms with Crippen LogP contribution < -0.4 is 10.1 Å². The van der Waals surface area contributed by atoms with Crippen LogP contribution in [0.1, 0.15) is 16.2 Å². The lowest BCUT2D eigenvalue weighted by molar-refractivity contribution is 0.102. The topological polar surface area (TPSA) is 77.2 Å². The number of nitrogens with one attached hydrogen (secondary N) is 1. The van der Waals surface area contributed by atoms with Gasteiger partial charge < -0.3 is 14.6 Å². The minimum absolute atomic E-state index is 0.294. The van der Waals surface area contributed by atoms with Crippen molar-refractivity contribution >= 4 is 23.2 Å². The molecule has 2 aromatic carbocycles. The van der Waals surface area contributed by atoms with Crippen molar-refractivity contribution in [2.24, 2.45) is 0 Å². The highest BCUT2D eigenvalue weighted by Crippen LogP contribution is 2.28. The van der Waals surface area contributed by atoms with Crippen molar-refractivity contribution in [2.75, 3.05) is 12.4 Å². The molecule has 1 N–H and O–H groups in total. The zero-order valence-electron chi connectivity index (χ0n) is 13.0. The van der Waals surface area contributed by atoms with E-state index >= 15 is 0 Å². The largest absolute Gasteiger partial charge is 0.495 e. The highest BCUT2D eigenvalue weighted by molar-refractivity contribution is 6.31. The maximum Gasteiger partial charge on any atom is 0.255 e. The van der Waals surface area contributed by atoms with Gasteiger partial charge in [0, 0.05) is 23.1 Å². The van der Waals surface area contributed by atoms with Gasteiger partial charge in [0.15, 0.2) is 0 Å². The lowest BCUT2D eigenvalue weighted by Gasteiger charge is -2.11. The number of hydrogen-bond acceptors (Lipinski definition) is 5. The van der Waals surface area contributed by atoms with Crippen molar-refractivity contribution in [1.29, 1.82) is 0 Å². The highest BCUT2D eigenvalue weighted by atomic mass is 35.5. The SMILES string of the molecule is COc1ccc(Cl)cc1NC(=O)c1cccc(-c2noc(C)n2)c1. The quantitative estimate of drug-likeness (QED) is 0.775. The molecule has 1 heterocycles. The number of amides is 1. The van der Waals surface area contributed by atoms with Gasteiger partial charge in [-0.2, -0.15) is 4.98 Å². The Balaban J connectivity index is 1.87. The molecule has 0 aliphatic heterocycles. The van der Waals surface area contributed by atoms with E-state index in [0.29, 0.717) is 39.3 Å². The molecule has 0 saturated carbocycles. The summed E-state index contributed by atoms with van der Waals surface area (Å²) in [5, 5.41) is 7.15. The first-order chi connectivity index (χ1) is 11.6. The van der Waals surface area contributed by atoms with Crippen LogP contribution in [0.25, 0.3) is 11.4 Å². The number of halogens is 1. The fourth-order valence-corrected chi connectivity index (χ4v) is 2.36. The molecule has 24 heavy (non-hydrogen) atoms. The molecule has 0 aliphatic carbocycles. The maximum atomic E-state index is 12.5. The van der Waals surface area contributed by atoms with Gasteiger partial charge in [-0.15, -0.1) is 0 Å². The van der Waals surface area contributed by atoms with Gasteiger partial charge in [0.1, 0.15) is 5.75 Å². The van der Waals surface area contributed by atoms with Gasteiger partial charge in [-0.05, 0) is 30.3 Å². The lowest BCUT2D eigenvalue weighted by Crippen LogP contribution is -2.12. The first-order valence-corrected chi connectivity index (χ1v) is 7.50. The van der Waals surface area contributed by atoms with Crippen molar-refractivity contribution < 1.29 is 14.1 Å². The molecule has 0 atom stereocenters. The molecular weight excluding hydrogens is 330 g/mol. The fourth-order valence-electron chi connectivity index (χ4n) is 2.19. The van der Waals surface area contributed by atoms with E-state index in [1.807, 2.05) is 0 Å². The normalized spacial score (nSPS) is 10.5. The standard InChI is InChI=1S/C17H14ClN3O3/c1-10-19-16(21-24-10)11-4-3-5-12(8-11)17(22)20-14-9-13(18)6-7-15(14)23-2/h3-9H,1-2H3,(H,20,22). The van der Waals surface area contributed by atoms with Crippen molar-refractivity contribution in [3.63, 3.8) is 0 Å². The second kappa shape index (κ2) is 6.72. The van der Waals surface area contributed by atoms with E-state index in [1.54, 1.807) is 49.4 Å². The average molecular weight is 344 g/mol. The molecule has 0 spiro atoms. The summed E-state index contributed by atoms with van der Waals surface area (Å²) in [7, 11) is 1.53. The van der Waals surface area contributed by atoms with E-state index in [-0.39, 0.29) is 5.91 Å². The van der Waals surface area contributed by atoms with E-state index < -0.39 is 0 Å².